The Bertz CT molecular complexity index is 472. The lowest BCUT2D eigenvalue weighted by atomic mass is 10.2. The van der Waals surface area contributed by atoms with Crippen LogP contribution in [0.1, 0.15) is 19.4 Å². The summed E-state index contributed by atoms with van der Waals surface area (Å²) in [5.74, 6) is -0.175. The average Bonchev–Trinajstić information content (AvgIpc) is 2.50. The van der Waals surface area contributed by atoms with Gasteiger partial charge in [0.2, 0.25) is 5.91 Å². The lowest BCUT2D eigenvalue weighted by molar-refractivity contribution is -0.120. The highest BCUT2D eigenvalue weighted by Gasteiger charge is 2.02. The molecule has 0 heterocycles. The molecule has 1 N–H and O–H groups in total. The Morgan fingerprint density at radius 3 is 2.33 bits per heavy atom. The van der Waals surface area contributed by atoms with E-state index in [0.717, 1.165) is 16.8 Å². The molecule has 3 nitrogen and oxygen atoms in total. The Balaban J connectivity index is 0.00000191. The number of amides is 1. The van der Waals surface area contributed by atoms with Gasteiger partial charge in [0.25, 0.3) is 0 Å². The predicted molar refractivity (Wildman–Crippen MR) is 90.5 cm³/mol. The van der Waals surface area contributed by atoms with Crippen LogP contribution in [-0.4, -0.2) is 19.1 Å². The van der Waals surface area contributed by atoms with Gasteiger partial charge in [0, 0.05) is 5.69 Å². The van der Waals surface area contributed by atoms with Crippen molar-refractivity contribution in [2.24, 2.45) is 0 Å². The van der Waals surface area contributed by atoms with E-state index >= 15 is 0 Å². The second-order valence-electron chi connectivity index (χ2n) is 4.09. The molecule has 0 aromatic heterocycles. The van der Waals surface area contributed by atoms with Crippen LogP contribution in [0.5, 0.6) is 0 Å². The van der Waals surface area contributed by atoms with Crippen molar-refractivity contribution >= 4 is 11.6 Å². The molecule has 1 aromatic rings. The van der Waals surface area contributed by atoms with Crippen molar-refractivity contribution in [3.8, 4) is 0 Å². The van der Waals surface area contributed by atoms with Gasteiger partial charge in [-0.2, -0.15) is 0 Å². The number of allylic oxidation sites excluding steroid dienone is 2. The molecule has 0 aliphatic heterocycles. The van der Waals surface area contributed by atoms with E-state index in [0.29, 0.717) is 6.61 Å². The molecular weight excluding hydrogens is 262 g/mol. The van der Waals surface area contributed by atoms with Crippen molar-refractivity contribution in [2.75, 3.05) is 18.5 Å². The van der Waals surface area contributed by atoms with Gasteiger partial charge in [-0.15, -0.1) is 0 Å². The van der Waals surface area contributed by atoms with Crippen LogP contribution in [0.15, 0.2) is 61.2 Å². The number of carbonyl (C=O) groups is 1. The minimum absolute atomic E-state index is 0.0101. The molecule has 0 unspecified atom stereocenters. The molecule has 0 aliphatic rings. The number of nitrogens with one attached hydrogen (secondary N) is 1. The Morgan fingerprint density at radius 1 is 1.19 bits per heavy atom. The lowest BCUT2D eigenvalue weighted by Crippen LogP contribution is -2.18. The van der Waals surface area contributed by atoms with E-state index in [1.165, 1.54) is 0 Å². The Hall–Kier alpha value is -2.13. The summed E-state index contributed by atoms with van der Waals surface area (Å²) in [6.07, 6.45) is 5.14. The fraction of sp³-hybridized carbons (Fsp3) is 0.278. The molecule has 0 fully saturated rings. The van der Waals surface area contributed by atoms with Gasteiger partial charge in [-0.05, 0) is 24.6 Å². The van der Waals surface area contributed by atoms with Crippen molar-refractivity contribution in [2.45, 2.75) is 20.8 Å². The zero-order valence-corrected chi connectivity index (χ0v) is 13.2. The third kappa shape index (κ3) is 8.60. The normalized spacial score (nSPS) is 10.1. The van der Waals surface area contributed by atoms with Crippen LogP contribution < -0.4 is 5.32 Å². The molecule has 1 rings (SSSR count). The molecule has 0 saturated carbocycles. The minimum atomic E-state index is -0.175. The number of carbonyl (C=O) groups excluding carboxylic acids is 1. The molecule has 0 bridgehead atoms. The fourth-order valence-electron chi connectivity index (χ4n) is 1.42. The summed E-state index contributed by atoms with van der Waals surface area (Å²) >= 11 is 0. The van der Waals surface area contributed by atoms with Gasteiger partial charge in [-0.1, -0.05) is 62.9 Å². The molecule has 21 heavy (non-hydrogen) atoms. The van der Waals surface area contributed by atoms with Crippen molar-refractivity contribution in [3.05, 3.63) is 66.8 Å². The standard InChI is InChI=1S/C16H19NO2.C2H6/c1-4-6-14(5-2)11-19-12-16(18)17-15-9-7-13(3)8-10-15;1-2/h4-10H,1-2,11-12H2,3H3,(H,17,18);1-2H3/b14-6+;. The first-order valence-electron chi connectivity index (χ1n) is 7.04. The second kappa shape index (κ2) is 11.7. The molecule has 1 amide bonds. The van der Waals surface area contributed by atoms with Crippen molar-refractivity contribution in [1.29, 1.82) is 0 Å². The lowest BCUT2D eigenvalue weighted by Gasteiger charge is -2.07. The Morgan fingerprint density at radius 2 is 1.81 bits per heavy atom. The molecule has 0 aliphatic carbocycles. The van der Waals surface area contributed by atoms with E-state index in [2.05, 4.69) is 18.5 Å². The van der Waals surface area contributed by atoms with Crippen LogP contribution in [0.4, 0.5) is 5.69 Å². The van der Waals surface area contributed by atoms with Crippen molar-refractivity contribution in [3.63, 3.8) is 0 Å². The maximum Gasteiger partial charge on any atom is 0.250 e. The van der Waals surface area contributed by atoms with Crippen LogP contribution in [0.25, 0.3) is 0 Å². The Labute approximate surface area is 128 Å². The summed E-state index contributed by atoms with van der Waals surface area (Å²) in [5, 5.41) is 2.76. The van der Waals surface area contributed by atoms with Gasteiger partial charge >= 0.3 is 0 Å². The first-order chi connectivity index (χ1) is 10.2. The summed E-state index contributed by atoms with van der Waals surface area (Å²) in [6, 6.07) is 7.61. The molecule has 114 valence electrons. The number of rotatable bonds is 7. The highest BCUT2D eigenvalue weighted by molar-refractivity contribution is 5.91. The van der Waals surface area contributed by atoms with E-state index in [9.17, 15) is 4.79 Å². The van der Waals surface area contributed by atoms with Crippen LogP contribution >= 0.6 is 0 Å². The van der Waals surface area contributed by atoms with E-state index in [1.807, 2.05) is 45.0 Å². The highest BCUT2D eigenvalue weighted by atomic mass is 16.5. The monoisotopic (exact) mass is 287 g/mol. The SMILES string of the molecule is C=C/C=C(\C=C)COCC(=O)Nc1ccc(C)cc1.CC. The molecule has 1 aromatic carbocycles. The number of anilines is 1. The summed E-state index contributed by atoms with van der Waals surface area (Å²) in [6.45, 7) is 13.6. The van der Waals surface area contributed by atoms with Gasteiger partial charge in [-0.25, -0.2) is 0 Å². The predicted octanol–water partition coefficient (Wildman–Crippen LogP) is 4.27. The number of hydrogen-bond donors (Lipinski definition) is 1. The zero-order valence-electron chi connectivity index (χ0n) is 13.2. The van der Waals surface area contributed by atoms with Gasteiger partial charge in [0.05, 0.1) is 6.61 Å². The summed E-state index contributed by atoms with van der Waals surface area (Å²) in [7, 11) is 0. The maximum absolute atomic E-state index is 11.6. The fourth-order valence-corrected chi connectivity index (χ4v) is 1.42. The van der Waals surface area contributed by atoms with Crippen molar-refractivity contribution < 1.29 is 9.53 Å². The first-order valence-corrected chi connectivity index (χ1v) is 7.04. The Kier molecular flexibility index (Phi) is 10.5. The summed E-state index contributed by atoms with van der Waals surface area (Å²) in [4.78, 5) is 11.6. The third-order valence-corrected chi connectivity index (χ3v) is 2.43. The third-order valence-electron chi connectivity index (χ3n) is 2.43. The van der Waals surface area contributed by atoms with Gasteiger partial charge in [-0.3, -0.25) is 4.79 Å². The number of ether oxygens (including phenoxy) is 1. The second-order valence-corrected chi connectivity index (χ2v) is 4.09. The highest BCUT2D eigenvalue weighted by Crippen LogP contribution is 2.08. The molecule has 0 radical (unpaired) electrons. The van der Waals surface area contributed by atoms with Gasteiger partial charge in [0.1, 0.15) is 6.61 Å². The topological polar surface area (TPSA) is 38.3 Å². The van der Waals surface area contributed by atoms with Crippen LogP contribution in [0, 0.1) is 6.92 Å². The summed E-state index contributed by atoms with van der Waals surface area (Å²) < 4.78 is 5.30. The van der Waals surface area contributed by atoms with E-state index in [4.69, 9.17) is 4.74 Å². The number of aryl methyl sites for hydroxylation is 1. The van der Waals surface area contributed by atoms with E-state index < -0.39 is 0 Å². The molecule has 0 saturated heterocycles. The largest absolute Gasteiger partial charge is 0.367 e. The number of benzene rings is 1. The quantitative estimate of drug-likeness (QED) is 0.760. The smallest absolute Gasteiger partial charge is 0.250 e. The van der Waals surface area contributed by atoms with Crippen LogP contribution in [-0.2, 0) is 9.53 Å². The minimum Gasteiger partial charge on any atom is -0.367 e. The molecule has 0 atom stereocenters. The average molecular weight is 287 g/mol. The van der Waals surface area contributed by atoms with Crippen LogP contribution in [0.3, 0.4) is 0 Å². The molecular formula is C18H25NO2. The maximum atomic E-state index is 11.6. The summed E-state index contributed by atoms with van der Waals surface area (Å²) in [5.41, 5.74) is 2.81. The van der Waals surface area contributed by atoms with Gasteiger partial charge < -0.3 is 10.1 Å². The molecule has 3 heteroatoms. The van der Waals surface area contributed by atoms with E-state index in [-0.39, 0.29) is 12.5 Å². The first kappa shape index (κ1) is 18.9. The van der Waals surface area contributed by atoms with Gasteiger partial charge in [0.15, 0.2) is 0 Å². The zero-order chi connectivity index (χ0) is 16.1. The molecule has 0 spiro atoms. The van der Waals surface area contributed by atoms with Crippen LogP contribution in [0.2, 0.25) is 0 Å². The number of hydrogen-bond acceptors (Lipinski definition) is 2. The van der Waals surface area contributed by atoms with E-state index in [1.54, 1.807) is 18.2 Å². The van der Waals surface area contributed by atoms with Crippen molar-refractivity contribution in [1.82, 2.24) is 0 Å².